The summed E-state index contributed by atoms with van der Waals surface area (Å²) >= 11 is 9.37. The molecule has 9 nitrogen and oxygen atoms in total. The predicted molar refractivity (Wildman–Crippen MR) is 224 cm³/mol. The van der Waals surface area contributed by atoms with E-state index in [-0.39, 0.29) is 27.8 Å². The van der Waals surface area contributed by atoms with Gasteiger partial charge in [-0.1, -0.05) is 35.9 Å². The van der Waals surface area contributed by atoms with Crippen LogP contribution in [0.2, 0.25) is 5.02 Å². The molecule has 4 heterocycles. The van der Waals surface area contributed by atoms with Crippen molar-refractivity contribution in [3.63, 3.8) is 0 Å². The number of rotatable bonds is 8. The third-order valence-corrected chi connectivity index (χ3v) is 10.3. The molecule has 15 heteroatoms. The molecule has 0 spiro atoms. The van der Waals surface area contributed by atoms with Gasteiger partial charge < -0.3 is 4.90 Å². The number of thiazole rings is 2. The summed E-state index contributed by atoms with van der Waals surface area (Å²) in [7, 11) is 3.93. The van der Waals surface area contributed by atoms with Gasteiger partial charge >= 0.3 is 0 Å². The molecule has 0 bridgehead atoms. The van der Waals surface area contributed by atoms with Crippen LogP contribution < -0.4 is 11.1 Å². The van der Waals surface area contributed by atoms with Gasteiger partial charge in [0.05, 0.1) is 54.6 Å². The first-order chi connectivity index (χ1) is 27.4. The first-order valence-corrected chi connectivity index (χ1v) is 19.4. The van der Waals surface area contributed by atoms with E-state index in [0.717, 1.165) is 32.9 Å². The highest BCUT2D eigenvalue weighted by atomic mass is 35.5. The van der Waals surface area contributed by atoms with E-state index in [1.165, 1.54) is 75.8 Å². The van der Waals surface area contributed by atoms with Crippen LogP contribution in [0.15, 0.2) is 105 Å². The first-order valence-electron chi connectivity index (χ1n) is 17.3. The minimum absolute atomic E-state index is 0.0485. The van der Waals surface area contributed by atoms with Crippen molar-refractivity contribution in [3.8, 4) is 11.4 Å². The average Bonchev–Trinajstić information content (AvgIpc) is 3.82. The number of aromatic nitrogens is 6. The van der Waals surface area contributed by atoms with E-state index in [2.05, 4.69) is 19.9 Å². The number of halogens is 4. The summed E-state index contributed by atoms with van der Waals surface area (Å²) in [6, 6.07) is 20.6. The highest BCUT2D eigenvalue weighted by Crippen LogP contribution is 2.23. The Bertz CT molecular complexity index is 2960. The molecule has 0 unspecified atom stereocenters. The van der Waals surface area contributed by atoms with Gasteiger partial charge in [0.25, 0.3) is 11.1 Å². The molecule has 286 valence electrons. The minimum Gasteiger partial charge on any atom is -0.303 e. The molecule has 0 aliphatic heterocycles. The van der Waals surface area contributed by atoms with Gasteiger partial charge in [0.2, 0.25) is 0 Å². The van der Waals surface area contributed by atoms with Crippen molar-refractivity contribution in [2.75, 3.05) is 14.1 Å². The molecule has 0 aliphatic rings. The predicted octanol–water partition coefficient (Wildman–Crippen LogP) is 9.47. The average molecular weight is 822 g/mol. The van der Waals surface area contributed by atoms with Gasteiger partial charge in [-0.25, -0.2) is 33.1 Å². The Morgan fingerprint density at radius 3 is 1.74 bits per heavy atom. The lowest BCUT2D eigenvalue weighted by molar-refractivity contribution is 0.401. The molecule has 0 atom stereocenters. The van der Waals surface area contributed by atoms with Crippen molar-refractivity contribution in [1.29, 1.82) is 0 Å². The molecule has 0 radical (unpaired) electrons. The van der Waals surface area contributed by atoms with E-state index in [0.29, 0.717) is 33.3 Å². The fourth-order valence-electron chi connectivity index (χ4n) is 5.83. The third kappa shape index (κ3) is 8.84. The van der Waals surface area contributed by atoms with Gasteiger partial charge in [0.1, 0.15) is 34.1 Å². The van der Waals surface area contributed by atoms with Crippen LogP contribution in [0.1, 0.15) is 33.1 Å². The van der Waals surface area contributed by atoms with E-state index in [4.69, 9.17) is 11.6 Å². The second-order valence-corrected chi connectivity index (χ2v) is 15.2. The smallest absolute Gasteiger partial charge is 0.266 e. The van der Waals surface area contributed by atoms with Crippen molar-refractivity contribution < 1.29 is 13.2 Å². The highest BCUT2D eigenvalue weighted by molar-refractivity contribution is 7.10. The van der Waals surface area contributed by atoms with Gasteiger partial charge in [-0.2, -0.15) is 0 Å². The monoisotopic (exact) mass is 821 g/mol. The quantitative estimate of drug-likeness (QED) is 0.151. The molecule has 4 aromatic carbocycles. The van der Waals surface area contributed by atoms with E-state index >= 15 is 0 Å². The molecule has 0 N–H and O–H groups in total. The number of fused-ring (bicyclic) bond motifs is 2. The Morgan fingerprint density at radius 1 is 0.667 bits per heavy atom. The maximum atomic E-state index is 14.5. The fourth-order valence-corrected chi connectivity index (χ4v) is 7.51. The summed E-state index contributed by atoms with van der Waals surface area (Å²) < 4.78 is 44.4. The SMILES string of the molecule is CN(C)Cc1nc(C=Cc2nc3ccc(F)cc3c(=O)n2-c2ccccc2F)cs1.Cc1nc(C=Cc2nc3ccc(F)cc3c(=O)n2-c2ccccc2Cl)cs1. The van der Waals surface area contributed by atoms with E-state index < -0.39 is 23.0 Å². The molecular formula is C42H31ClF3N7O2S2. The third-order valence-electron chi connectivity index (χ3n) is 8.36. The normalized spacial score (nSPS) is 11.6. The molecular weight excluding hydrogens is 791 g/mol. The standard InChI is InChI=1S/C22H18F2N4OS.C20H13ClFN3OS/c1-27(2)12-21-25-15(13-30-21)8-10-20-26-18-9-7-14(23)11-16(18)22(29)28(20)19-6-4-3-5-17(19)24;1-12-23-14(11-27-12)7-9-19-24-17-8-6-13(22)10-15(17)20(26)25(19)18-5-3-2-4-16(18)21/h3-11,13H,12H2,1-2H3;2-11H,1H3. The molecule has 0 fully saturated rings. The lowest BCUT2D eigenvalue weighted by Crippen LogP contribution is -2.23. The number of benzene rings is 4. The van der Waals surface area contributed by atoms with Crippen LogP contribution in [0, 0.1) is 24.4 Å². The summed E-state index contributed by atoms with van der Waals surface area (Å²) in [5, 5.41) is 6.38. The largest absolute Gasteiger partial charge is 0.303 e. The molecule has 0 amide bonds. The molecule has 0 aliphatic carbocycles. The van der Waals surface area contributed by atoms with Crippen molar-refractivity contribution in [2.24, 2.45) is 0 Å². The van der Waals surface area contributed by atoms with Gasteiger partial charge in [-0.3, -0.25) is 18.7 Å². The number of para-hydroxylation sites is 2. The van der Waals surface area contributed by atoms with Crippen molar-refractivity contribution in [1.82, 2.24) is 34.0 Å². The van der Waals surface area contributed by atoms with Crippen molar-refractivity contribution in [3.05, 3.63) is 172 Å². The summed E-state index contributed by atoms with van der Waals surface area (Å²) in [6.45, 7) is 2.64. The Hall–Kier alpha value is -6.06. The molecule has 0 saturated carbocycles. The van der Waals surface area contributed by atoms with Crippen molar-refractivity contribution in [2.45, 2.75) is 13.5 Å². The first kappa shape index (κ1) is 39.2. The summed E-state index contributed by atoms with van der Waals surface area (Å²) in [5.74, 6) is -1.01. The summed E-state index contributed by atoms with van der Waals surface area (Å²) in [4.78, 5) is 46.2. The molecule has 8 aromatic rings. The molecule has 8 rings (SSSR count). The maximum absolute atomic E-state index is 14.5. The van der Waals surface area contributed by atoms with E-state index in [1.54, 1.807) is 54.6 Å². The number of aryl methyl sites for hydroxylation is 1. The van der Waals surface area contributed by atoms with Crippen LogP contribution >= 0.6 is 34.3 Å². The highest BCUT2D eigenvalue weighted by Gasteiger charge is 2.16. The summed E-state index contributed by atoms with van der Waals surface area (Å²) in [6.07, 6.45) is 6.84. The van der Waals surface area contributed by atoms with E-state index in [9.17, 15) is 22.8 Å². The number of hydrogen-bond acceptors (Lipinski definition) is 9. The zero-order valence-electron chi connectivity index (χ0n) is 30.5. The van der Waals surface area contributed by atoms with Crippen LogP contribution in [-0.2, 0) is 6.54 Å². The van der Waals surface area contributed by atoms with Crippen LogP contribution in [0.4, 0.5) is 13.2 Å². The van der Waals surface area contributed by atoms with Crippen LogP contribution in [-0.4, -0.2) is 48.1 Å². The van der Waals surface area contributed by atoms with Gasteiger partial charge in [0, 0.05) is 17.3 Å². The second-order valence-electron chi connectivity index (χ2n) is 12.8. The Morgan fingerprint density at radius 2 is 1.19 bits per heavy atom. The van der Waals surface area contributed by atoms with E-state index in [1.807, 2.05) is 36.7 Å². The van der Waals surface area contributed by atoms with Crippen LogP contribution in [0.25, 0.3) is 57.5 Å². The van der Waals surface area contributed by atoms with Gasteiger partial charge in [0.15, 0.2) is 0 Å². The maximum Gasteiger partial charge on any atom is 0.266 e. The number of hydrogen-bond donors (Lipinski definition) is 0. The van der Waals surface area contributed by atoms with Gasteiger partial charge in [-0.15, -0.1) is 22.7 Å². The fraction of sp³-hybridized carbons (Fsp3) is 0.0952. The second kappa shape index (κ2) is 17.0. The van der Waals surface area contributed by atoms with Crippen LogP contribution in [0.5, 0.6) is 0 Å². The van der Waals surface area contributed by atoms with Gasteiger partial charge in [-0.05, 0) is 106 Å². The molecule has 0 saturated heterocycles. The van der Waals surface area contributed by atoms with Crippen LogP contribution in [0.3, 0.4) is 0 Å². The number of nitrogens with zero attached hydrogens (tertiary/aromatic N) is 7. The lowest BCUT2D eigenvalue weighted by atomic mass is 10.2. The molecule has 57 heavy (non-hydrogen) atoms. The topological polar surface area (TPSA) is 98.8 Å². The minimum atomic E-state index is -0.575. The zero-order valence-corrected chi connectivity index (χ0v) is 32.9. The Balaban J connectivity index is 0.000000175. The Kier molecular flexibility index (Phi) is 11.7. The lowest BCUT2D eigenvalue weighted by Gasteiger charge is -2.12. The summed E-state index contributed by atoms with van der Waals surface area (Å²) in [5.41, 5.74) is 1.84. The zero-order chi connectivity index (χ0) is 40.2. The molecule has 4 aromatic heterocycles. The Labute approximate surface area is 337 Å². The van der Waals surface area contributed by atoms with Crippen molar-refractivity contribution >= 4 is 80.4 Å².